The lowest BCUT2D eigenvalue weighted by atomic mass is 10.1. The lowest BCUT2D eigenvalue weighted by Gasteiger charge is -2.25. The van der Waals surface area contributed by atoms with E-state index < -0.39 is 5.97 Å². The third kappa shape index (κ3) is 4.51. The maximum absolute atomic E-state index is 12.0. The number of nitrogens with zero attached hydrogens (tertiary/aromatic N) is 2. The van der Waals surface area contributed by atoms with Gasteiger partial charge in [0.15, 0.2) is 11.7 Å². The molecule has 2 aromatic carbocycles. The van der Waals surface area contributed by atoms with Crippen molar-refractivity contribution in [3.63, 3.8) is 0 Å². The molecule has 7 heteroatoms. The zero-order valence-corrected chi connectivity index (χ0v) is 16.3. The first-order valence-electron chi connectivity index (χ1n) is 8.92. The molecular weight excluding hydrogens is 384 g/mol. The van der Waals surface area contributed by atoms with Crippen molar-refractivity contribution in [2.45, 2.75) is 19.3 Å². The van der Waals surface area contributed by atoms with Crippen LogP contribution in [-0.2, 0) is 4.79 Å². The number of halogens is 1. The molecule has 3 aromatic rings. The van der Waals surface area contributed by atoms with Gasteiger partial charge in [-0.1, -0.05) is 22.9 Å². The largest absolute Gasteiger partial charge is 0.482 e. The first-order chi connectivity index (χ1) is 13.2. The third-order valence-electron chi connectivity index (χ3n) is 4.38. The van der Waals surface area contributed by atoms with Crippen molar-refractivity contribution >= 4 is 44.3 Å². The highest BCUT2D eigenvalue weighted by Gasteiger charge is 2.16. The third-order valence-corrected chi connectivity index (χ3v) is 5.71. The number of benzene rings is 2. The molecule has 0 amide bonds. The number of ether oxygens (including phenoxy) is 2. The predicted octanol–water partition coefficient (Wildman–Crippen LogP) is 4.92. The van der Waals surface area contributed by atoms with Crippen molar-refractivity contribution < 1.29 is 14.3 Å². The van der Waals surface area contributed by atoms with Crippen LogP contribution in [0.4, 0.5) is 5.13 Å². The summed E-state index contributed by atoms with van der Waals surface area (Å²) >= 11 is 7.46. The van der Waals surface area contributed by atoms with Crippen molar-refractivity contribution in [3.8, 4) is 11.5 Å². The lowest BCUT2D eigenvalue weighted by Crippen LogP contribution is -2.29. The van der Waals surface area contributed by atoms with E-state index in [1.54, 1.807) is 41.7 Å². The summed E-state index contributed by atoms with van der Waals surface area (Å²) in [5.74, 6) is 0.617. The summed E-state index contributed by atoms with van der Waals surface area (Å²) in [6.45, 7) is 1.95. The molecule has 1 saturated heterocycles. The van der Waals surface area contributed by atoms with Crippen LogP contribution in [0.25, 0.3) is 10.2 Å². The molecule has 0 aliphatic carbocycles. The molecule has 0 unspecified atom stereocenters. The second-order valence-corrected chi connectivity index (χ2v) is 7.84. The number of fused-ring (bicyclic) bond motifs is 1. The number of anilines is 1. The number of carbonyl (C=O) groups excluding carboxylic acids is 1. The van der Waals surface area contributed by atoms with E-state index in [-0.39, 0.29) is 6.61 Å². The molecular formula is C20H19ClN2O3S. The molecule has 0 bridgehead atoms. The topological polar surface area (TPSA) is 51.7 Å². The Bertz CT molecular complexity index is 936. The van der Waals surface area contributed by atoms with Gasteiger partial charge in [0, 0.05) is 24.2 Å². The predicted molar refractivity (Wildman–Crippen MR) is 108 cm³/mol. The van der Waals surface area contributed by atoms with E-state index in [1.807, 2.05) is 12.1 Å². The molecule has 0 saturated carbocycles. The highest BCUT2D eigenvalue weighted by molar-refractivity contribution is 7.22. The Morgan fingerprint density at radius 3 is 2.59 bits per heavy atom. The molecule has 1 aromatic heterocycles. The molecule has 2 heterocycles. The zero-order valence-electron chi connectivity index (χ0n) is 14.7. The van der Waals surface area contributed by atoms with Gasteiger partial charge in [0.2, 0.25) is 0 Å². The summed E-state index contributed by atoms with van der Waals surface area (Å²) in [6, 6.07) is 12.4. The van der Waals surface area contributed by atoms with Gasteiger partial charge in [0.05, 0.1) is 10.2 Å². The van der Waals surface area contributed by atoms with Crippen LogP contribution < -0.4 is 14.4 Å². The van der Waals surface area contributed by atoms with Crippen molar-refractivity contribution in [1.82, 2.24) is 4.98 Å². The smallest absolute Gasteiger partial charge is 0.349 e. The van der Waals surface area contributed by atoms with Crippen LogP contribution in [0.3, 0.4) is 0 Å². The minimum Gasteiger partial charge on any atom is -0.482 e. The second-order valence-electron chi connectivity index (χ2n) is 6.39. The van der Waals surface area contributed by atoms with Gasteiger partial charge in [-0.25, -0.2) is 9.78 Å². The molecule has 1 aliphatic heterocycles. The molecule has 4 rings (SSSR count). The van der Waals surface area contributed by atoms with Gasteiger partial charge >= 0.3 is 5.97 Å². The van der Waals surface area contributed by atoms with E-state index in [9.17, 15) is 4.79 Å². The fourth-order valence-electron chi connectivity index (χ4n) is 3.01. The zero-order chi connectivity index (χ0) is 18.6. The summed E-state index contributed by atoms with van der Waals surface area (Å²) in [4.78, 5) is 19.1. The molecule has 1 fully saturated rings. The van der Waals surface area contributed by atoms with E-state index in [0.29, 0.717) is 16.5 Å². The Morgan fingerprint density at radius 1 is 1.07 bits per heavy atom. The van der Waals surface area contributed by atoms with Crippen LogP contribution in [-0.4, -0.2) is 30.6 Å². The van der Waals surface area contributed by atoms with Gasteiger partial charge < -0.3 is 14.4 Å². The van der Waals surface area contributed by atoms with Gasteiger partial charge in [-0.2, -0.15) is 0 Å². The fraction of sp³-hybridized carbons (Fsp3) is 0.300. The maximum atomic E-state index is 12.0. The molecule has 0 atom stereocenters. The second kappa shape index (κ2) is 8.15. The van der Waals surface area contributed by atoms with Crippen molar-refractivity contribution in [1.29, 1.82) is 0 Å². The van der Waals surface area contributed by atoms with E-state index in [1.165, 1.54) is 19.3 Å². The van der Waals surface area contributed by atoms with Gasteiger partial charge in [0.25, 0.3) is 0 Å². The van der Waals surface area contributed by atoms with Crippen molar-refractivity contribution in [2.75, 3.05) is 24.6 Å². The normalized spacial score (nSPS) is 14.3. The number of hydrogen-bond acceptors (Lipinski definition) is 6. The van der Waals surface area contributed by atoms with E-state index in [4.69, 9.17) is 26.1 Å². The molecule has 0 N–H and O–H groups in total. The van der Waals surface area contributed by atoms with Crippen LogP contribution >= 0.6 is 22.9 Å². The average Bonchev–Trinajstić information content (AvgIpc) is 3.12. The van der Waals surface area contributed by atoms with Crippen LogP contribution in [0.2, 0.25) is 5.02 Å². The Balaban J connectivity index is 1.39. The molecule has 1 aliphatic rings. The van der Waals surface area contributed by atoms with Crippen molar-refractivity contribution in [3.05, 3.63) is 47.5 Å². The quantitative estimate of drug-likeness (QED) is 0.447. The summed E-state index contributed by atoms with van der Waals surface area (Å²) in [5, 5.41) is 1.66. The van der Waals surface area contributed by atoms with Gasteiger partial charge in [0.1, 0.15) is 11.5 Å². The van der Waals surface area contributed by atoms with E-state index in [2.05, 4.69) is 4.90 Å². The Hall–Kier alpha value is -2.31. The number of esters is 1. The summed E-state index contributed by atoms with van der Waals surface area (Å²) in [6.07, 6.45) is 3.72. The number of carbonyl (C=O) groups is 1. The highest BCUT2D eigenvalue weighted by Crippen LogP contribution is 2.32. The summed E-state index contributed by atoms with van der Waals surface area (Å²) in [7, 11) is 0. The van der Waals surface area contributed by atoms with E-state index >= 15 is 0 Å². The number of piperidine rings is 1. The van der Waals surface area contributed by atoms with Crippen LogP contribution in [0.1, 0.15) is 19.3 Å². The Kier molecular flexibility index (Phi) is 5.45. The Morgan fingerprint density at radius 2 is 1.81 bits per heavy atom. The Labute approximate surface area is 166 Å². The average molecular weight is 403 g/mol. The standard InChI is InChI=1S/C20H19ClN2O3S/c21-14-4-6-15(7-5-14)25-13-19(24)26-16-8-9-17-18(12-16)27-20(22-17)23-10-2-1-3-11-23/h4-9,12H,1-3,10-11,13H2. The maximum Gasteiger partial charge on any atom is 0.349 e. The minimum absolute atomic E-state index is 0.165. The number of thiazole rings is 1. The number of hydrogen-bond donors (Lipinski definition) is 0. The summed E-state index contributed by atoms with van der Waals surface area (Å²) in [5.41, 5.74) is 0.929. The lowest BCUT2D eigenvalue weighted by molar-refractivity contribution is -0.136. The first-order valence-corrected chi connectivity index (χ1v) is 10.1. The van der Waals surface area contributed by atoms with Crippen LogP contribution in [0.5, 0.6) is 11.5 Å². The van der Waals surface area contributed by atoms with Crippen LogP contribution in [0.15, 0.2) is 42.5 Å². The fourth-order valence-corrected chi connectivity index (χ4v) is 4.18. The molecule has 5 nitrogen and oxygen atoms in total. The van der Waals surface area contributed by atoms with Crippen LogP contribution in [0, 0.1) is 0 Å². The number of rotatable bonds is 5. The molecule has 140 valence electrons. The highest BCUT2D eigenvalue weighted by atomic mass is 35.5. The molecule has 0 radical (unpaired) electrons. The number of aromatic nitrogens is 1. The first kappa shape index (κ1) is 18.1. The van der Waals surface area contributed by atoms with Crippen molar-refractivity contribution in [2.24, 2.45) is 0 Å². The summed E-state index contributed by atoms with van der Waals surface area (Å²) < 4.78 is 11.8. The minimum atomic E-state index is -0.454. The van der Waals surface area contributed by atoms with Gasteiger partial charge in [-0.15, -0.1) is 0 Å². The monoisotopic (exact) mass is 402 g/mol. The van der Waals surface area contributed by atoms with E-state index in [0.717, 1.165) is 28.4 Å². The molecule has 27 heavy (non-hydrogen) atoms. The van der Waals surface area contributed by atoms with Gasteiger partial charge in [-0.05, 0) is 55.7 Å². The SMILES string of the molecule is O=C(COc1ccc(Cl)cc1)Oc1ccc2nc(N3CCCCC3)sc2c1. The molecule has 0 spiro atoms. The van der Waals surface area contributed by atoms with Gasteiger partial charge in [-0.3, -0.25) is 0 Å².